The van der Waals surface area contributed by atoms with Gasteiger partial charge in [0.2, 0.25) is 0 Å². The molecule has 1 atom stereocenters. The minimum Gasteiger partial charge on any atom is -0.487 e. The molecule has 0 aromatic heterocycles. The van der Waals surface area contributed by atoms with E-state index < -0.39 is 40.9 Å². The molecule has 0 heterocycles. The van der Waals surface area contributed by atoms with Crippen LogP contribution in [-0.4, -0.2) is 23.0 Å². The second-order valence-corrected chi connectivity index (χ2v) is 11.8. The van der Waals surface area contributed by atoms with E-state index in [1.165, 1.54) is 36.4 Å². The van der Waals surface area contributed by atoms with E-state index in [4.69, 9.17) is 4.74 Å². The van der Waals surface area contributed by atoms with E-state index in [0.29, 0.717) is 34.1 Å². The molecule has 40 heavy (non-hydrogen) atoms. The normalized spacial score (nSPS) is 26.1. The maximum atomic E-state index is 14.0. The van der Waals surface area contributed by atoms with E-state index in [1.54, 1.807) is 6.07 Å². The van der Waals surface area contributed by atoms with Crippen LogP contribution in [0.2, 0.25) is 0 Å². The van der Waals surface area contributed by atoms with E-state index in [1.807, 2.05) is 0 Å². The van der Waals surface area contributed by atoms with Gasteiger partial charge in [0.25, 0.3) is 5.91 Å². The van der Waals surface area contributed by atoms with Crippen LogP contribution in [0.1, 0.15) is 60.0 Å². The summed E-state index contributed by atoms with van der Waals surface area (Å²) in [6.45, 7) is -0.147. The molecule has 4 aliphatic rings. The summed E-state index contributed by atoms with van der Waals surface area (Å²) in [4.78, 5) is 26.3. The number of aliphatic carboxylic acids is 1. The van der Waals surface area contributed by atoms with Crippen LogP contribution in [0.3, 0.4) is 0 Å². The fourth-order valence-electron chi connectivity index (χ4n) is 7.77. The van der Waals surface area contributed by atoms with Crippen molar-refractivity contribution in [2.75, 3.05) is 0 Å². The average Bonchev–Trinajstić information content (AvgIpc) is 2.88. The molecule has 4 fully saturated rings. The lowest BCUT2D eigenvalue weighted by Gasteiger charge is -2.58. The van der Waals surface area contributed by atoms with Crippen molar-refractivity contribution in [2.45, 2.75) is 57.3 Å². The van der Waals surface area contributed by atoms with Crippen molar-refractivity contribution in [1.82, 2.24) is 5.32 Å². The molecule has 210 valence electrons. The third kappa shape index (κ3) is 4.90. The fourth-order valence-corrected chi connectivity index (χ4v) is 7.77. The van der Waals surface area contributed by atoms with Crippen LogP contribution >= 0.6 is 0 Å². The number of carbonyl (C=O) groups is 2. The minimum atomic E-state index is -4.47. The molecule has 1 amide bonds. The number of carboxylic acid groups (broad SMARTS) is 1. The molecule has 0 unspecified atom stereocenters. The lowest BCUT2D eigenvalue weighted by Crippen LogP contribution is -2.59. The number of nitrogens with one attached hydrogen (secondary N) is 1. The molecule has 3 aromatic rings. The van der Waals surface area contributed by atoms with E-state index in [-0.39, 0.29) is 17.9 Å². The largest absolute Gasteiger partial charge is 0.487 e. The van der Waals surface area contributed by atoms with Gasteiger partial charge in [0, 0.05) is 10.8 Å². The van der Waals surface area contributed by atoms with Crippen molar-refractivity contribution >= 4 is 22.6 Å². The van der Waals surface area contributed by atoms with E-state index in [2.05, 4.69) is 5.32 Å². The Bertz CT molecular complexity index is 1430. The lowest BCUT2D eigenvalue weighted by atomic mass is 9.47. The third-order valence-electron chi connectivity index (χ3n) is 9.06. The summed E-state index contributed by atoms with van der Waals surface area (Å²) in [6, 6.07) is 10.5. The van der Waals surface area contributed by atoms with Crippen LogP contribution in [0.15, 0.2) is 54.6 Å². The Hall–Kier alpha value is -3.62. The molecule has 2 N–H and O–H groups in total. The minimum absolute atomic E-state index is 0.0852. The highest BCUT2D eigenvalue weighted by Crippen LogP contribution is 2.61. The molecule has 5 nitrogen and oxygen atoms in total. The number of halogens is 4. The molecule has 0 spiro atoms. The molecule has 0 saturated heterocycles. The molecule has 4 saturated carbocycles. The highest BCUT2D eigenvalue weighted by molar-refractivity contribution is 6.05. The molecular weight excluding hydrogens is 526 g/mol. The van der Waals surface area contributed by atoms with Crippen LogP contribution in [0, 0.1) is 29.0 Å². The third-order valence-corrected chi connectivity index (χ3v) is 9.06. The molecule has 3 aromatic carbocycles. The topological polar surface area (TPSA) is 75.6 Å². The van der Waals surface area contributed by atoms with Crippen LogP contribution in [-0.2, 0) is 17.6 Å². The number of carboxylic acids is 1. The predicted molar refractivity (Wildman–Crippen MR) is 139 cm³/mol. The van der Waals surface area contributed by atoms with Gasteiger partial charge in [0.1, 0.15) is 24.2 Å². The average molecular weight is 556 g/mol. The van der Waals surface area contributed by atoms with Crippen molar-refractivity contribution in [1.29, 1.82) is 0 Å². The SMILES string of the molecule is O=C(N[C@H](C(=O)O)C12CC3CC(CC(C3)C1)C2)c1ccc2cc(F)ccc2c1OCc1ccc(C(F)(F)F)cc1. The van der Waals surface area contributed by atoms with Gasteiger partial charge in [-0.15, -0.1) is 0 Å². The van der Waals surface area contributed by atoms with E-state index in [9.17, 15) is 32.3 Å². The number of alkyl halides is 3. The number of hydrogen-bond donors (Lipinski definition) is 2. The number of benzene rings is 3. The van der Waals surface area contributed by atoms with Gasteiger partial charge in [-0.25, -0.2) is 9.18 Å². The summed E-state index contributed by atoms with van der Waals surface area (Å²) in [7, 11) is 0. The summed E-state index contributed by atoms with van der Waals surface area (Å²) in [5, 5.41) is 14.0. The molecule has 0 aliphatic heterocycles. The first-order valence-electron chi connectivity index (χ1n) is 13.6. The smallest absolute Gasteiger partial charge is 0.416 e. The van der Waals surface area contributed by atoms with Gasteiger partial charge in [-0.05, 0) is 104 Å². The van der Waals surface area contributed by atoms with Crippen LogP contribution in [0.4, 0.5) is 17.6 Å². The van der Waals surface area contributed by atoms with Crippen molar-refractivity contribution in [3.63, 3.8) is 0 Å². The predicted octanol–water partition coefficient (Wildman–Crippen LogP) is 6.98. The Balaban J connectivity index is 1.30. The summed E-state index contributed by atoms with van der Waals surface area (Å²) < 4.78 is 58.9. The summed E-state index contributed by atoms with van der Waals surface area (Å²) >= 11 is 0. The maximum absolute atomic E-state index is 14.0. The Kier molecular flexibility index (Phi) is 6.50. The first-order chi connectivity index (χ1) is 19.0. The molecule has 9 heteroatoms. The highest BCUT2D eigenvalue weighted by Gasteiger charge is 2.56. The van der Waals surface area contributed by atoms with Gasteiger partial charge < -0.3 is 15.2 Å². The first-order valence-corrected chi connectivity index (χ1v) is 13.6. The van der Waals surface area contributed by atoms with Crippen LogP contribution in [0.5, 0.6) is 5.75 Å². The van der Waals surface area contributed by atoms with Gasteiger partial charge in [0.15, 0.2) is 0 Å². The zero-order valence-electron chi connectivity index (χ0n) is 21.6. The summed E-state index contributed by atoms with van der Waals surface area (Å²) in [6.07, 6.45) is 1.26. The summed E-state index contributed by atoms with van der Waals surface area (Å²) in [5.41, 5.74) is -0.754. The summed E-state index contributed by atoms with van der Waals surface area (Å²) in [5.74, 6) is -0.576. The van der Waals surface area contributed by atoms with Gasteiger partial charge >= 0.3 is 12.1 Å². The number of amides is 1. The zero-order chi connectivity index (χ0) is 28.2. The monoisotopic (exact) mass is 555 g/mol. The lowest BCUT2D eigenvalue weighted by molar-refractivity contribution is -0.150. The number of rotatable bonds is 7. The molecule has 4 bridgehead atoms. The Morgan fingerprint density at radius 3 is 2.15 bits per heavy atom. The highest BCUT2D eigenvalue weighted by atomic mass is 19.4. The number of carbonyl (C=O) groups excluding carboxylic acids is 1. The van der Waals surface area contributed by atoms with Gasteiger partial charge in [-0.1, -0.05) is 18.2 Å². The Morgan fingerprint density at radius 1 is 0.950 bits per heavy atom. The van der Waals surface area contributed by atoms with Gasteiger partial charge in [-0.3, -0.25) is 4.79 Å². The Labute approximate surface area is 228 Å². The number of ether oxygens (including phenoxy) is 1. The van der Waals surface area contributed by atoms with Crippen molar-refractivity contribution < 1.29 is 37.0 Å². The number of fused-ring (bicyclic) bond motifs is 1. The quantitative estimate of drug-likeness (QED) is 0.309. The maximum Gasteiger partial charge on any atom is 0.416 e. The van der Waals surface area contributed by atoms with Gasteiger partial charge in [-0.2, -0.15) is 13.2 Å². The number of hydrogen-bond acceptors (Lipinski definition) is 3. The van der Waals surface area contributed by atoms with Crippen LogP contribution < -0.4 is 10.1 Å². The molecule has 4 aliphatic carbocycles. The molecule has 0 radical (unpaired) electrons. The zero-order valence-corrected chi connectivity index (χ0v) is 21.6. The van der Waals surface area contributed by atoms with Gasteiger partial charge in [0.05, 0.1) is 11.1 Å². The second-order valence-electron chi connectivity index (χ2n) is 11.8. The molecular formula is C31H29F4NO4. The van der Waals surface area contributed by atoms with Crippen LogP contribution in [0.25, 0.3) is 10.8 Å². The van der Waals surface area contributed by atoms with Crippen molar-refractivity contribution in [3.8, 4) is 5.75 Å². The Morgan fingerprint density at radius 2 is 1.57 bits per heavy atom. The van der Waals surface area contributed by atoms with E-state index >= 15 is 0 Å². The molecule has 7 rings (SSSR count). The second kappa shape index (κ2) is 9.78. The first kappa shape index (κ1) is 26.6. The van der Waals surface area contributed by atoms with E-state index in [0.717, 1.165) is 50.7 Å². The standard InChI is InChI=1S/C31H29F4NO4/c32-23-6-8-24-21(12-23)3-7-25(26(24)40-16-17-1-4-22(5-2-17)31(33,34)35)28(37)36-27(29(38)39)30-13-18-9-19(14-30)11-20(10-18)15-30/h1-8,12,18-20,27H,9-11,13-16H2,(H,36,37)(H,38,39)/t18?,19?,20?,27-,30?/m1/s1. The van der Waals surface area contributed by atoms with Crippen molar-refractivity contribution in [3.05, 3.63) is 77.1 Å². The van der Waals surface area contributed by atoms with Crippen molar-refractivity contribution in [2.24, 2.45) is 23.2 Å². The fraction of sp³-hybridized carbons (Fsp3) is 0.419.